The minimum absolute atomic E-state index is 0.0478. The predicted molar refractivity (Wildman–Crippen MR) is 70.5 cm³/mol. The van der Waals surface area contributed by atoms with Crippen LogP contribution < -0.4 is 0 Å². The van der Waals surface area contributed by atoms with Gasteiger partial charge in [0, 0.05) is 13.3 Å². The highest BCUT2D eigenvalue weighted by Crippen LogP contribution is 2.49. The second-order valence-electron chi connectivity index (χ2n) is 6.63. The summed E-state index contributed by atoms with van der Waals surface area (Å²) in [5, 5.41) is 0. The van der Waals surface area contributed by atoms with Gasteiger partial charge in [-0.25, -0.2) is 8.78 Å². The van der Waals surface area contributed by atoms with Crippen LogP contribution in [0.1, 0.15) is 32.6 Å². The van der Waals surface area contributed by atoms with Gasteiger partial charge in [0.25, 0.3) is 0 Å². The van der Waals surface area contributed by atoms with Crippen molar-refractivity contribution in [1.29, 1.82) is 0 Å². The molecule has 0 saturated carbocycles. The van der Waals surface area contributed by atoms with E-state index >= 15 is 0 Å². The van der Waals surface area contributed by atoms with Gasteiger partial charge in [0.05, 0.1) is 18.6 Å². The molecule has 3 heterocycles. The second kappa shape index (κ2) is 5.86. The summed E-state index contributed by atoms with van der Waals surface area (Å²) in [7, 11) is 0. The van der Waals surface area contributed by atoms with Crippen molar-refractivity contribution in [2.24, 2.45) is 11.8 Å². The van der Waals surface area contributed by atoms with Crippen molar-refractivity contribution in [1.82, 2.24) is 0 Å². The molecule has 2 bridgehead atoms. The lowest BCUT2D eigenvalue weighted by atomic mass is 9.82. The van der Waals surface area contributed by atoms with Gasteiger partial charge in [-0.15, -0.1) is 0 Å². The number of halogens is 4. The molecule has 0 N–H and O–H groups in total. The van der Waals surface area contributed by atoms with Gasteiger partial charge in [-0.3, -0.25) is 9.59 Å². The van der Waals surface area contributed by atoms with E-state index in [1.807, 2.05) is 0 Å². The highest BCUT2D eigenvalue weighted by molar-refractivity contribution is 5.82. The SMILES string of the molecule is CC(F)(F)C(F)(F)CCCCOC(=O)C1C2CC3C(=O)OC1C3O2. The summed E-state index contributed by atoms with van der Waals surface area (Å²) in [4.78, 5) is 23.6. The average molecular weight is 354 g/mol. The lowest BCUT2D eigenvalue weighted by molar-refractivity contribution is -0.201. The van der Waals surface area contributed by atoms with E-state index < -0.39 is 48.5 Å². The third-order valence-corrected chi connectivity index (χ3v) is 4.89. The van der Waals surface area contributed by atoms with Crippen molar-refractivity contribution < 1.29 is 41.4 Å². The number of ether oxygens (including phenoxy) is 3. The molecular weight excluding hydrogens is 336 g/mol. The molecule has 9 heteroatoms. The summed E-state index contributed by atoms with van der Waals surface area (Å²) >= 11 is 0. The Labute approximate surface area is 135 Å². The quantitative estimate of drug-likeness (QED) is 0.399. The number of fused-ring (bicyclic) bond motifs is 1. The second-order valence-corrected chi connectivity index (χ2v) is 6.63. The van der Waals surface area contributed by atoms with Crippen LogP contribution in [0.25, 0.3) is 0 Å². The molecule has 3 aliphatic rings. The van der Waals surface area contributed by atoms with Crippen molar-refractivity contribution in [2.75, 3.05) is 6.61 Å². The summed E-state index contributed by atoms with van der Waals surface area (Å²) in [5.41, 5.74) is 0. The fraction of sp³-hybridized carbons (Fsp3) is 0.867. The minimum Gasteiger partial charge on any atom is -0.465 e. The molecule has 0 amide bonds. The molecule has 136 valence electrons. The molecule has 0 radical (unpaired) electrons. The third-order valence-electron chi connectivity index (χ3n) is 4.89. The van der Waals surface area contributed by atoms with E-state index in [-0.39, 0.29) is 38.3 Å². The monoisotopic (exact) mass is 354 g/mol. The first-order valence-corrected chi connectivity index (χ1v) is 7.90. The molecule has 3 rings (SSSR count). The third kappa shape index (κ3) is 2.87. The lowest BCUT2D eigenvalue weighted by Crippen LogP contribution is -2.38. The number of alkyl halides is 4. The van der Waals surface area contributed by atoms with Crippen molar-refractivity contribution in [2.45, 2.75) is 62.8 Å². The van der Waals surface area contributed by atoms with Gasteiger partial charge in [-0.1, -0.05) is 0 Å². The molecule has 24 heavy (non-hydrogen) atoms. The molecule has 5 atom stereocenters. The average Bonchev–Trinajstić information content (AvgIpc) is 3.07. The number of rotatable bonds is 7. The summed E-state index contributed by atoms with van der Waals surface area (Å²) < 4.78 is 67.2. The Kier molecular flexibility index (Phi) is 4.26. The molecule has 3 aliphatic heterocycles. The number of hydrogen-bond donors (Lipinski definition) is 0. The van der Waals surface area contributed by atoms with Crippen molar-refractivity contribution in [3.8, 4) is 0 Å². The number of unbranched alkanes of at least 4 members (excludes halogenated alkanes) is 1. The van der Waals surface area contributed by atoms with E-state index in [2.05, 4.69) is 0 Å². The van der Waals surface area contributed by atoms with Crippen LogP contribution in [-0.4, -0.2) is 48.7 Å². The number of esters is 2. The molecule has 3 saturated heterocycles. The van der Waals surface area contributed by atoms with Crippen molar-refractivity contribution >= 4 is 11.9 Å². The Bertz CT molecular complexity index is 532. The van der Waals surface area contributed by atoms with Crippen LogP contribution in [0.2, 0.25) is 0 Å². The Balaban J connectivity index is 1.41. The van der Waals surface area contributed by atoms with Gasteiger partial charge in [-0.2, -0.15) is 8.78 Å². The van der Waals surface area contributed by atoms with Crippen LogP contribution in [0.15, 0.2) is 0 Å². The molecule has 0 aromatic carbocycles. The lowest BCUT2D eigenvalue weighted by Gasteiger charge is -2.23. The normalized spacial score (nSPS) is 34.5. The maximum Gasteiger partial charge on any atom is 0.315 e. The van der Waals surface area contributed by atoms with E-state index in [4.69, 9.17) is 14.2 Å². The first-order valence-electron chi connectivity index (χ1n) is 7.90. The van der Waals surface area contributed by atoms with Gasteiger partial charge in [-0.05, 0) is 19.3 Å². The van der Waals surface area contributed by atoms with Crippen LogP contribution in [-0.2, 0) is 23.8 Å². The Morgan fingerprint density at radius 1 is 1.25 bits per heavy atom. The summed E-state index contributed by atoms with van der Waals surface area (Å²) in [5.74, 6) is -10.1. The zero-order valence-electron chi connectivity index (χ0n) is 13.0. The topological polar surface area (TPSA) is 61.8 Å². The summed E-state index contributed by atoms with van der Waals surface area (Å²) in [6.45, 7) is 0.0283. The molecule has 0 aromatic rings. The molecular formula is C15H18F4O5. The summed E-state index contributed by atoms with van der Waals surface area (Å²) in [6, 6.07) is 0. The largest absolute Gasteiger partial charge is 0.465 e. The number of carbonyl (C=O) groups excluding carboxylic acids is 2. The first kappa shape index (κ1) is 17.4. The number of carbonyl (C=O) groups is 2. The number of hydrogen-bond acceptors (Lipinski definition) is 5. The van der Waals surface area contributed by atoms with Crippen LogP contribution in [0.4, 0.5) is 17.6 Å². The van der Waals surface area contributed by atoms with Crippen LogP contribution in [0.5, 0.6) is 0 Å². The first-order chi connectivity index (χ1) is 11.1. The fourth-order valence-electron chi connectivity index (χ4n) is 3.51. The van der Waals surface area contributed by atoms with E-state index in [9.17, 15) is 27.2 Å². The molecule has 0 spiro atoms. The van der Waals surface area contributed by atoms with Crippen LogP contribution in [0.3, 0.4) is 0 Å². The van der Waals surface area contributed by atoms with Gasteiger partial charge in [0.1, 0.15) is 18.1 Å². The zero-order valence-corrected chi connectivity index (χ0v) is 13.0. The van der Waals surface area contributed by atoms with E-state index in [0.717, 1.165) is 0 Å². The van der Waals surface area contributed by atoms with Crippen molar-refractivity contribution in [3.05, 3.63) is 0 Å². The van der Waals surface area contributed by atoms with Gasteiger partial charge in [0.2, 0.25) is 0 Å². The predicted octanol–water partition coefficient (Wildman–Crippen LogP) is 2.32. The molecule has 0 aliphatic carbocycles. The van der Waals surface area contributed by atoms with Gasteiger partial charge < -0.3 is 14.2 Å². The van der Waals surface area contributed by atoms with E-state index in [1.54, 1.807) is 0 Å². The Morgan fingerprint density at radius 2 is 1.96 bits per heavy atom. The minimum atomic E-state index is -4.08. The van der Waals surface area contributed by atoms with Gasteiger partial charge >= 0.3 is 23.8 Å². The van der Waals surface area contributed by atoms with Crippen molar-refractivity contribution in [3.63, 3.8) is 0 Å². The highest BCUT2D eigenvalue weighted by Gasteiger charge is 2.65. The standard InChI is InChI=1S/C15H18F4O5/c1-14(16,17)15(18,19)4-2-3-5-22-13(21)9-8-6-7-10(23-8)11(9)24-12(7)20/h7-11H,2-6H2,1H3. The maximum atomic E-state index is 13.1. The molecule has 3 fully saturated rings. The molecule has 5 nitrogen and oxygen atoms in total. The fourth-order valence-corrected chi connectivity index (χ4v) is 3.51. The smallest absolute Gasteiger partial charge is 0.315 e. The van der Waals surface area contributed by atoms with E-state index in [0.29, 0.717) is 6.42 Å². The van der Waals surface area contributed by atoms with E-state index in [1.165, 1.54) is 0 Å². The Hall–Kier alpha value is -1.38. The summed E-state index contributed by atoms with van der Waals surface area (Å²) in [6.07, 6.45) is -2.19. The maximum absolute atomic E-state index is 13.1. The zero-order chi connectivity index (χ0) is 17.7. The van der Waals surface area contributed by atoms with Gasteiger partial charge in [0.15, 0.2) is 0 Å². The van der Waals surface area contributed by atoms with Crippen LogP contribution >= 0.6 is 0 Å². The molecule has 5 unspecified atom stereocenters. The van der Waals surface area contributed by atoms with Crippen LogP contribution in [0, 0.1) is 11.8 Å². The molecule has 0 aromatic heterocycles. The highest BCUT2D eigenvalue weighted by atomic mass is 19.3. The Morgan fingerprint density at radius 3 is 2.62 bits per heavy atom.